The molecule has 0 aromatic heterocycles. The van der Waals surface area contributed by atoms with Crippen LogP contribution in [-0.4, -0.2) is 43.5 Å². The number of amides is 1. The fourth-order valence-electron chi connectivity index (χ4n) is 2.90. The molecule has 0 radical (unpaired) electrons. The molecule has 1 heterocycles. The van der Waals surface area contributed by atoms with Gasteiger partial charge in [-0.05, 0) is 49.9 Å². The summed E-state index contributed by atoms with van der Waals surface area (Å²) in [5.41, 5.74) is 0. The maximum absolute atomic E-state index is 13.2. The highest BCUT2D eigenvalue weighted by Crippen LogP contribution is 2.25. The molecular weight excluding hydrogens is 376 g/mol. The molecule has 0 saturated carbocycles. The summed E-state index contributed by atoms with van der Waals surface area (Å²) < 4.78 is 27.2. The zero-order valence-corrected chi connectivity index (χ0v) is 16.6. The maximum atomic E-state index is 13.2. The van der Waals surface area contributed by atoms with Crippen molar-refractivity contribution in [2.75, 3.05) is 13.1 Å². The molecule has 1 aromatic rings. The summed E-state index contributed by atoms with van der Waals surface area (Å²) in [6.45, 7) is 4.60. The summed E-state index contributed by atoms with van der Waals surface area (Å²) in [5, 5.41) is 3.23. The monoisotopic (exact) mass is 400 g/mol. The van der Waals surface area contributed by atoms with E-state index in [9.17, 15) is 18.0 Å². The van der Waals surface area contributed by atoms with Crippen molar-refractivity contribution in [3.8, 4) is 0 Å². The van der Waals surface area contributed by atoms with Crippen molar-refractivity contribution in [2.24, 2.45) is 5.92 Å². The number of nitrogens with one attached hydrogen (secondary N) is 1. The third-order valence-electron chi connectivity index (χ3n) is 4.32. The first kappa shape index (κ1) is 20.9. The van der Waals surface area contributed by atoms with E-state index in [0.29, 0.717) is 25.8 Å². The molecule has 26 heavy (non-hydrogen) atoms. The molecule has 1 saturated heterocycles. The van der Waals surface area contributed by atoms with Crippen molar-refractivity contribution >= 4 is 33.3 Å². The van der Waals surface area contributed by atoms with Crippen LogP contribution in [0.3, 0.4) is 0 Å². The van der Waals surface area contributed by atoms with E-state index < -0.39 is 22.0 Å². The minimum Gasteiger partial charge on any atom is -0.310 e. The zero-order valence-electron chi connectivity index (χ0n) is 15.1. The standard InChI is InChI=1S/C18H25ClN2O4S/c1-13(2)8-9-18(23)21(16-7-4-10-20-12-17(16)22)26(24,25)15-6-3-5-14(19)11-15/h3,5-6,11,13,16,20H,4,7-10,12H2,1-2H3/t16-/m0/s1. The molecule has 1 N–H and O–H groups in total. The van der Waals surface area contributed by atoms with Gasteiger partial charge in [0.2, 0.25) is 5.91 Å². The third kappa shape index (κ3) is 5.05. The molecule has 1 atom stereocenters. The molecule has 0 aliphatic carbocycles. The predicted octanol–water partition coefficient (Wildman–Crippen LogP) is 2.61. The van der Waals surface area contributed by atoms with Gasteiger partial charge in [-0.25, -0.2) is 12.7 Å². The van der Waals surface area contributed by atoms with Gasteiger partial charge in [-0.2, -0.15) is 0 Å². The Bertz CT molecular complexity index is 764. The Balaban J connectivity index is 2.44. The maximum Gasteiger partial charge on any atom is 0.267 e. The summed E-state index contributed by atoms with van der Waals surface area (Å²) >= 11 is 5.93. The van der Waals surface area contributed by atoms with E-state index in [4.69, 9.17) is 11.6 Å². The minimum absolute atomic E-state index is 0.0592. The van der Waals surface area contributed by atoms with Gasteiger partial charge < -0.3 is 5.32 Å². The van der Waals surface area contributed by atoms with Gasteiger partial charge in [0.1, 0.15) is 6.04 Å². The van der Waals surface area contributed by atoms with E-state index >= 15 is 0 Å². The number of Topliss-reactive ketones (excluding diaryl/α,β-unsaturated/α-hetero) is 1. The van der Waals surface area contributed by atoms with Gasteiger partial charge in [0, 0.05) is 11.4 Å². The van der Waals surface area contributed by atoms with E-state index in [-0.39, 0.29) is 34.6 Å². The average molecular weight is 401 g/mol. The molecule has 1 fully saturated rings. The highest BCUT2D eigenvalue weighted by Gasteiger charge is 2.39. The lowest BCUT2D eigenvalue weighted by atomic mass is 10.1. The second-order valence-corrected chi connectivity index (χ2v) is 9.14. The third-order valence-corrected chi connectivity index (χ3v) is 6.38. The molecule has 1 aliphatic heterocycles. The number of hydrogen-bond acceptors (Lipinski definition) is 5. The molecule has 0 bridgehead atoms. The van der Waals surface area contributed by atoms with Crippen LogP contribution in [-0.2, 0) is 19.6 Å². The topological polar surface area (TPSA) is 83.6 Å². The van der Waals surface area contributed by atoms with E-state index in [1.54, 1.807) is 6.07 Å². The van der Waals surface area contributed by atoms with Gasteiger partial charge >= 0.3 is 0 Å². The molecule has 144 valence electrons. The molecule has 6 nitrogen and oxygen atoms in total. The molecule has 2 rings (SSSR count). The number of halogens is 1. The average Bonchev–Trinajstić information content (AvgIpc) is 2.78. The molecule has 1 aliphatic rings. The van der Waals surface area contributed by atoms with Gasteiger partial charge in [-0.3, -0.25) is 9.59 Å². The van der Waals surface area contributed by atoms with Gasteiger partial charge in [0.05, 0.1) is 11.4 Å². The minimum atomic E-state index is -4.17. The number of ketones is 1. The lowest BCUT2D eigenvalue weighted by Gasteiger charge is -2.29. The number of sulfonamides is 1. The van der Waals surface area contributed by atoms with Crippen molar-refractivity contribution in [3.05, 3.63) is 29.3 Å². The normalized spacial score (nSPS) is 18.6. The smallest absolute Gasteiger partial charge is 0.267 e. The Kier molecular flexibility index (Phi) is 7.20. The van der Waals surface area contributed by atoms with E-state index in [2.05, 4.69) is 5.32 Å². The summed E-state index contributed by atoms with van der Waals surface area (Å²) in [6.07, 6.45) is 1.57. The van der Waals surface area contributed by atoms with E-state index in [1.165, 1.54) is 18.2 Å². The summed E-state index contributed by atoms with van der Waals surface area (Å²) in [7, 11) is -4.17. The number of carbonyl (C=O) groups excluding carboxylic acids is 2. The number of nitrogens with zero attached hydrogens (tertiary/aromatic N) is 1. The van der Waals surface area contributed by atoms with Crippen molar-refractivity contribution in [2.45, 2.75) is 50.5 Å². The van der Waals surface area contributed by atoms with Gasteiger partial charge in [-0.15, -0.1) is 0 Å². The lowest BCUT2D eigenvalue weighted by molar-refractivity contribution is -0.133. The number of carbonyl (C=O) groups is 2. The van der Waals surface area contributed by atoms with E-state index in [1.807, 2.05) is 13.8 Å². The number of rotatable bonds is 6. The zero-order chi connectivity index (χ0) is 19.3. The Labute approximate surface area is 160 Å². The molecular formula is C18H25ClN2O4S. The second-order valence-electron chi connectivity index (χ2n) is 6.89. The van der Waals surface area contributed by atoms with Crippen LogP contribution in [0.25, 0.3) is 0 Å². The van der Waals surface area contributed by atoms with Crippen molar-refractivity contribution in [1.29, 1.82) is 0 Å². The summed E-state index contributed by atoms with van der Waals surface area (Å²) in [6, 6.07) is 4.80. The fraction of sp³-hybridized carbons (Fsp3) is 0.556. The SMILES string of the molecule is CC(C)CCC(=O)N([C@H]1CCCNCC1=O)S(=O)(=O)c1cccc(Cl)c1. The van der Waals surface area contributed by atoms with E-state index in [0.717, 1.165) is 4.31 Å². The first-order chi connectivity index (χ1) is 12.2. The van der Waals surface area contributed by atoms with Gasteiger partial charge in [0.25, 0.3) is 10.0 Å². The van der Waals surface area contributed by atoms with Crippen LogP contribution in [0.5, 0.6) is 0 Å². The molecule has 1 aromatic carbocycles. The highest BCUT2D eigenvalue weighted by atomic mass is 35.5. The van der Waals surface area contributed by atoms with Crippen molar-refractivity contribution in [3.63, 3.8) is 0 Å². The Hall–Kier alpha value is -1.44. The highest BCUT2D eigenvalue weighted by molar-refractivity contribution is 7.89. The largest absolute Gasteiger partial charge is 0.310 e. The summed E-state index contributed by atoms with van der Waals surface area (Å²) in [5.74, 6) is -0.578. The summed E-state index contributed by atoms with van der Waals surface area (Å²) in [4.78, 5) is 25.3. The molecule has 1 amide bonds. The lowest BCUT2D eigenvalue weighted by Crippen LogP contribution is -2.49. The first-order valence-corrected chi connectivity index (χ1v) is 10.6. The molecule has 8 heteroatoms. The van der Waals surface area contributed by atoms with Crippen LogP contribution in [0.15, 0.2) is 29.2 Å². The molecule has 0 unspecified atom stereocenters. The Morgan fingerprint density at radius 3 is 2.77 bits per heavy atom. The first-order valence-electron chi connectivity index (χ1n) is 8.79. The van der Waals surface area contributed by atoms with Crippen LogP contribution >= 0.6 is 11.6 Å². The molecule has 0 spiro atoms. The number of hydrogen-bond donors (Lipinski definition) is 1. The van der Waals surface area contributed by atoms with Crippen LogP contribution in [0.4, 0.5) is 0 Å². The Morgan fingerprint density at radius 2 is 2.12 bits per heavy atom. The van der Waals surface area contributed by atoms with Crippen molar-refractivity contribution in [1.82, 2.24) is 9.62 Å². The van der Waals surface area contributed by atoms with Crippen LogP contribution in [0.2, 0.25) is 5.02 Å². The quantitative estimate of drug-likeness (QED) is 0.793. The number of benzene rings is 1. The van der Waals surface area contributed by atoms with Crippen molar-refractivity contribution < 1.29 is 18.0 Å². The fourth-order valence-corrected chi connectivity index (χ4v) is 4.82. The second kappa shape index (κ2) is 8.97. The van der Waals surface area contributed by atoms with Crippen LogP contribution < -0.4 is 5.32 Å². The van der Waals surface area contributed by atoms with Crippen LogP contribution in [0, 0.1) is 5.92 Å². The van der Waals surface area contributed by atoms with Crippen LogP contribution in [0.1, 0.15) is 39.5 Å². The van der Waals surface area contributed by atoms with Gasteiger partial charge in [-0.1, -0.05) is 31.5 Å². The predicted molar refractivity (Wildman–Crippen MR) is 100 cm³/mol. The Morgan fingerprint density at radius 1 is 1.38 bits per heavy atom. The van der Waals surface area contributed by atoms with Gasteiger partial charge in [0.15, 0.2) is 5.78 Å².